The van der Waals surface area contributed by atoms with Crippen LogP contribution in [0, 0.1) is 0 Å². The van der Waals surface area contributed by atoms with E-state index in [1.54, 1.807) is 0 Å². The maximum atomic E-state index is 6.43. The third-order valence-corrected chi connectivity index (χ3v) is 7.18. The third-order valence-electron chi connectivity index (χ3n) is 6.57. The van der Waals surface area contributed by atoms with Gasteiger partial charge in [-0.3, -0.25) is 0 Å². The molecule has 1 atom stereocenters. The monoisotopic (exact) mass is 467 g/mol. The lowest BCUT2D eigenvalue weighted by Gasteiger charge is -2.43. The number of nitrogens with zero attached hydrogens (tertiary/aromatic N) is 1. The predicted octanol–water partition coefficient (Wildman–Crippen LogP) is 6.82. The van der Waals surface area contributed by atoms with Crippen LogP contribution in [0.3, 0.4) is 0 Å². The van der Waals surface area contributed by atoms with E-state index < -0.39 is 0 Å². The molecule has 3 aliphatic rings. The molecule has 0 fully saturated rings. The highest BCUT2D eigenvalue weighted by Gasteiger charge is 2.36. The summed E-state index contributed by atoms with van der Waals surface area (Å²) in [6, 6.07) is 9.14. The van der Waals surface area contributed by atoms with Gasteiger partial charge in [0.25, 0.3) is 0 Å². The predicted molar refractivity (Wildman–Crippen MR) is 140 cm³/mol. The van der Waals surface area contributed by atoms with E-state index >= 15 is 0 Å². The van der Waals surface area contributed by atoms with Crippen molar-refractivity contribution in [2.75, 3.05) is 13.1 Å². The quantitative estimate of drug-likeness (QED) is 0.354. The van der Waals surface area contributed by atoms with Crippen LogP contribution in [-0.4, -0.2) is 23.1 Å². The lowest BCUT2D eigenvalue weighted by Crippen LogP contribution is -2.48. The number of hydrogen-bond donors (Lipinski definition) is 2. The van der Waals surface area contributed by atoms with Gasteiger partial charge >= 0.3 is 0 Å². The minimum Gasteiger partial charge on any atom is -0.363 e. The molecule has 5 heteroatoms. The number of fused-ring (bicyclic) bond motifs is 3. The van der Waals surface area contributed by atoms with Gasteiger partial charge in [-0.15, -0.1) is 0 Å². The van der Waals surface area contributed by atoms with Crippen molar-refractivity contribution in [3.63, 3.8) is 0 Å². The fourth-order valence-corrected chi connectivity index (χ4v) is 5.25. The minimum atomic E-state index is 0.0649. The average molecular weight is 468 g/mol. The Kier molecular flexibility index (Phi) is 7.42. The zero-order chi connectivity index (χ0) is 22.7. The molecule has 4 rings (SSSR count). The largest absolute Gasteiger partial charge is 0.363 e. The van der Waals surface area contributed by atoms with Gasteiger partial charge < -0.3 is 15.5 Å². The number of allylic oxidation sites excluding steroid dienone is 5. The standard InChI is InChI=1S/C27H34ClN3S/c1-4-5-6-14-29-27(32)31-15-13-24-21-16-22(28)11-12-23(17-21)30-25(24)26(31)20-9-7-19(8-10-20)18(2)3/h7-12,16,18,26,30H,4-6,13-15,17H2,1-3H3,(H,29,32). The van der Waals surface area contributed by atoms with E-state index in [-0.39, 0.29) is 6.04 Å². The number of nitrogens with one attached hydrogen (secondary N) is 2. The van der Waals surface area contributed by atoms with Gasteiger partial charge in [0.05, 0.1) is 6.04 Å². The van der Waals surface area contributed by atoms with Crippen LogP contribution in [0.2, 0.25) is 0 Å². The second-order valence-electron chi connectivity index (χ2n) is 9.21. The van der Waals surface area contributed by atoms with E-state index in [1.165, 1.54) is 46.5 Å². The number of benzene rings is 1. The molecule has 0 amide bonds. The van der Waals surface area contributed by atoms with Crippen molar-refractivity contribution in [2.24, 2.45) is 0 Å². The first-order valence-corrected chi connectivity index (χ1v) is 12.7. The number of hydrogen-bond acceptors (Lipinski definition) is 2. The summed E-state index contributed by atoms with van der Waals surface area (Å²) in [6.07, 6.45) is 11.7. The lowest BCUT2D eigenvalue weighted by atomic mass is 9.84. The molecule has 3 nitrogen and oxygen atoms in total. The van der Waals surface area contributed by atoms with Crippen molar-refractivity contribution in [3.05, 3.63) is 81.2 Å². The van der Waals surface area contributed by atoms with Gasteiger partial charge in [-0.05, 0) is 71.5 Å². The van der Waals surface area contributed by atoms with E-state index in [9.17, 15) is 0 Å². The van der Waals surface area contributed by atoms with Gasteiger partial charge in [0.1, 0.15) is 0 Å². The van der Waals surface area contributed by atoms with Gasteiger partial charge in [0.15, 0.2) is 5.11 Å². The number of thiocarbonyl (C=S) groups is 1. The second kappa shape index (κ2) is 10.3. The Labute approximate surface area is 203 Å². The molecule has 1 aromatic rings. The fraction of sp³-hybridized carbons (Fsp3) is 0.444. The highest BCUT2D eigenvalue weighted by Crippen LogP contribution is 2.43. The SMILES string of the molecule is CCCCCNC(=S)N1CCC2=C(NC3=CC=C(Cl)C=C2C3)C1c1ccc(C(C)C)cc1. The van der Waals surface area contributed by atoms with Crippen LogP contribution in [0.25, 0.3) is 0 Å². The van der Waals surface area contributed by atoms with Crippen LogP contribution in [0.5, 0.6) is 0 Å². The van der Waals surface area contributed by atoms with Gasteiger partial charge in [0, 0.05) is 35.9 Å². The molecule has 2 N–H and O–H groups in total. The van der Waals surface area contributed by atoms with Gasteiger partial charge in [-0.2, -0.15) is 0 Å². The molecule has 0 radical (unpaired) electrons. The van der Waals surface area contributed by atoms with Crippen LogP contribution in [0.15, 0.2) is 70.1 Å². The Bertz CT molecular complexity index is 985. The van der Waals surface area contributed by atoms with Crippen LogP contribution in [0.4, 0.5) is 0 Å². The van der Waals surface area contributed by atoms with Crippen LogP contribution >= 0.6 is 23.8 Å². The summed E-state index contributed by atoms with van der Waals surface area (Å²) < 4.78 is 0. The Hall–Kier alpha value is -2.04. The lowest BCUT2D eigenvalue weighted by molar-refractivity contribution is 0.315. The molecule has 1 unspecified atom stereocenters. The Morgan fingerprint density at radius 1 is 1.22 bits per heavy atom. The van der Waals surface area contributed by atoms with Gasteiger partial charge in [-0.25, -0.2) is 0 Å². The first-order valence-electron chi connectivity index (χ1n) is 11.9. The number of unbranched alkanes of at least 4 members (excludes halogenated alkanes) is 2. The molecule has 1 aromatic carbocycles. The van der Waals surface area contributed by atoms with Crippen LogP contribution in [-0.2, 0) is 0 Å². The molecule has 2 heterocycles. The summed E-state index contributed by atoms with van der Waals surface area (Å²) >= 11 is 12.3. The fourth-order valence-electron chi connectivity index (χ4n) is 4.76. The van der Waals surface area contributed by atoms with E-state index in [0.29, 0.717) is 5.92 Å². The van der Waals surface area contributed by atoms with Crippen LogP contribution < -0.4 is 10.6 Å². The summed E-state index contributed by atoms with van der Waals surface area (Å²) in [7, 11) is 0. The molecule has 2 aliphatic heterocycles. The van der Waals surface area contributed by atoms with E-state index in [4.69, 9.17) is 23.8 Å². The minimum absolute atomic E-state index is 0.0649. The topological polar surface area (TPSA) is 27.3 Å². The molecule has 0 aromatic heterocycles. The summed E-state index contributed by atoms with van der Waals surface area (Å²) in [5.41, 5.74) is 7.78. The molecule has 2 bridgehead atoms. The van der Waals surface area contributed by atoms with Crippen molar-refractivity contribution < 1.29 is 0 Å². The smallest absolute Gasteiger partial charge is 0.169 e. The first-order chi connectivity index (χ1) is 15.5. The Balaban J connectivity index is 1.70. The highest BCUT2D eigenvalue weighted by molar-refractivity contribution is 7.80. The van der Waals surface area contributed by atoms with E-state index in [0.717, 1.165) is 42.5 Å². The first kappa shape index (κ1) is 23.1. The normalized spacial score (nSPS) is 20.1. The molecule has 0 saturated heterocycles. The summed E-state index contributed by atoms with van der Waals surface area (Å²) in [6.45, 7) is 8.53. The number of rotatable bonds is 6. The molecular formula is C27H34ClN3S. The number of halogens is 1. The summed E-state index contributed by atoms with van der Waals surface area (Å²) in [5, 5.41) is 8.93. The summed E-state index contributed by atoms with van der Waals surface area (Å²) in [4.78, 5) is 2.37. The van der Waals surface area contributed by atoms with E-state index in [1.807, 2.05) is 6.08 Å². The molecule has 170 valence electrons. The van der Waals surface area contributed by atoms with Crippen molar-refractivity contribution in [1.82, 2.24) is 15.5 Å². The van der Waals surface area contributed by atoms with Crippen molar-refractivity contribution in [1.29, 1.82) is 0 Å². The molecule has 32 heavy (non-hydrogen) atoms. The van der Waals surface area contributed by atoms with Crippen molar-refractivity contribution >= 4 is 28.9 Å². The van der Waals surface area contributed by atoms with Crippen molar-refractivity contribution in [3.8, 4) is 0 Å². The Morgan fingerprint density at radius 2 is 2.00 bits per heavy atom. The van der Waals surface area contributed by atoms with Crippen LogP contribution in [0.1, 0.15) is 76.0 Å². The third kappa shape index (κ3) is 4.97. The van der Waals surface area contributed by atoms with Gasteiger partial charge in [-0.1, -0.05) is 69.5 Å². The second-order valence-corrected chi connectivity index (χ2v) is 10.0. The molecule has 0 spiro atoms. The average Bonchev–Trinajstić information content (AvgIpc) is 2.94. The Morgan fingerprint density at radius 3 is 2.72 bits per heavy atom. The molecular weight excluding hydrogens is 434 g/mol. The highest BCUT2D eigenvalue weighted by atomic mass is 35.5. The summed E-state index contributed by atoms with van der Waals surface area (Å²) in [5.74, 6) is 0.516. The zero-order valence-electron chi connectivity index (χ0n) is 19.4. The van der Waals surface area contributed by atoms with Gasteiger partial charge in [0.2, 0.25) is 0 Å². The zero-order valence-corrected chi connectivity index (χ0v) is 21.0. The maximum Gasteiger partial charge on any atom is 0.169 e. The van der Waals surface area contributed by atoms with Crippen molar-refractivity contribution in [2.45, 2.75) is 64.8 Å². The molecule has 0 saturated carbocycles. The molecule has 1 aliphatic carbocycles. The maximum absolute atomic E-state index is 6.43. The van der Waals surface area contributed by atoms with E-state index in [2.05, 4.69) is 72.7 Å².